The lowest BCUT2D eigenvalue weighted by molar-refractivity contribution is 0.0593. The number of aromatic hydroxyl groups is 2. The van der Waals surface area contributed by atoms with Crippen molar-refractivity contribution in [2.45, 2.75) is 39.7 Å². The second-order valence-corrected chi connectivity index (χ2v) is 7.74. The van der Waals surface area contributed by atoms with Gasteiger partial charge in [0.15, 0.2) is 29.3 Å². The van der Waals surface area contributed by atoms with Gasteiger partial charge < -0.3 is 24.4 Å². The van der Waals surface area contributed by atoms with Crippen LogP contribution in [0.2, 0.25) is 0 Å². The number of ketones is 1. The molecule has 2 aliphatic rings. The third-order valence-corrected chi connectivity index (χ3v) is 5.04. The molecular weight excluding hydrogens is 380 g/mol. The van der Waals surface area contributed by atoms with Gasteiger partial charge in [0.1, 0.15) is 16.9 Å². The van der Waals surface area contributed by atoms with Crippen molar-refractivity contribution < 1.29 is 38.8 Å². The number of ether oxygens (including phenoxy) is 3. The molecular formula is C21H18O8. The first-order valence-electron chi connectivity index (χ1n) is 8.89. The molecule has 8 heteroatoms. The Balaban J connectivity index is 2.04. The van der Waals surface area contributed by atoms with Crippen LogP contribution < -0.4 is 14.2 Å². The van der Waals surface area contributed by atoms with Crippen LogP contribution in [-0.2, 0) is 0 Å². The first-order chi connectivity index (χ1) is 13.6. The lowest BCUT2D eigenvalue weighted by atomic mass is 9.89. The minimum Gasteiger partial charge on any atom is -0.507 e. The topological polar surface area (TPSA) is 119 Å². The Hall–Kier alpha value is -3.55. The molecule has 0 amide bonds. The summed E-state index contributed by atoms with van der Waals surface area (Å²) in [5.74, 6) is -2.76. The van der Waals surface area contributed by atoms with Crippen molar-refractivity contribution in [3.05, 3.63) is 33.9 Å². The van der Waals surface area contributed by atoms with Gasteiger partial charge in [-0.25, -0.2) is 4.79 Å². The summed E-state index contributed by atoms with van der Waals surface area (Å²) in [5.41, 5.74) is -0.442. The van der Waals surface area contributed by atoms with Crippen molar-refractivity contribution in [3.63, 3.8) is 0 Å². The van der Waals surface area contributed by atoms with E-state index in [9.17, 15) is 24.6 Å². The maximum absolute atomic E-state index is 12.8. The standard InChI is InChI=1S/C21H18O8/c1-8-5-11(23)10(7-22)17-13(8)20(26)28-19-15(25)18-14(9(2)16(19)27-17)12(24)6-21(3,4)29-18/h5,7,23,25H,6H2,1-4H3. The highest BCUT2D eigenvalue weighted by Gasteiger charge is 2.41. The second-order valence-electron chi connectivity index (χ2n) is 7.74. The van der Waals surface area contributed by atoms with Crippen LogP contribution in [0.3, 0.4) is 0 Å². The minimum atomic E-state index is -0.879. The fourth-order valence-corrected chi connectivity index (χ4v) is 3.73. The molecule has 29 heavy (non-hydrogen) atoms. The average Bonchev–Trinajstić information content (AvgIpc) is 2.75. The Labute approximate surface area is 165 Å². The molecule has 8 nitrogen and oxygen atoms in total. The average molecular weight is 398 g/mol. The Morgan fingerprint density at radius 2 is 1.69 bits per heavy atom. The summed E-state index contributed by atoms with van der Waals surface area (Å²) in [6.07, 6.45) is 0.436. The largest absolute Gasteiger partial charge is 0.507 e. The fourth-order valence-electron chi connectivity index (χ4n) is 3.73. The van der Waals surface area contributed by atoms with E-state index in [0.717, 1.165) is 0 Å². The molecule has 0 unspecified atom stereocenters. The SMILES string of the molecule is Cc1cc(O)c(C=O)c2c1C(=O)Oc1c(O)c3c(c(C)c1O2)C(=O)CC(C)(C)O3. The van der Waals surface area contributed by atoms with E-state index in [4.69, 9.17) is 14.2 Å². The van der Waals surface area contributed by atoms with Crippen molar-refractivity contribution in [2.24, 2.45) is 0 Å². The van der Waals surface area contributed by atoms with E-state index in [1.54, 1.807) is 27.7 Å². The fraction of sp³-hybridized carbons (Fsp3) is 0.286. The molecule has 0 aliphatic carbocycles. The van der Waals surface area contributed by atoms with Gasteiger partial charge in [-0.1, -0.05) is 0 Å². The van der Waals surface area contributed by atoms with Crippen LogP contribution in [0.1, 0.15) is 62.5 Å². The number of hydrogen-bond acceptors (Lipinski definition) is 8. The molecule has 0 saturated carbocycles. The smallest absolute Gasteiger partial charge is 0.347 e. The van der Waals surface area contributed by atoms with E-state index in [1.807, 2.05) is 0 Å². The number of fused-ring (bicyclic) bond motifs is 3. The number of carbonyl (C=O) groups excluding carboxylic acids is 3. The van der Waals surface area contributed by atoms with Crippen molar-refractivity contribution in [2.75, 3.05) is 0 Å². The van der Waals surface area contributed by atoms with Gasteiger partial charge in [-0.2, -0.15) is 0 Å². The third-order valence-electron chi connectivity index (χ3n) is 5.04. The molecule has 2 N–H and O–H groups in total. The number of carbonyl (C=O) groups is 3. The maximum Gasteiger partial charge on any atom is 0.347 e. The Morgan fingerprint density at radius 3 is 2.34 bits per heavy atom. The highest BCUT2D eigenvalue weighted by Crippen LogP contribution is 2.55. The first-order valence-corrected chi connectivity index (χ1v) is 8.89. The molecule has 0 radical (unpaired) electrons. The monoisotopic (exact) mass is 398 g/mol. The van der Waals surface area contributed by atoms with Crippen LogP contribution >= 0.6 is 0 Å². The van der Waals surface area contributed by atoms with E-state index < -0.39 is 17.3 Å². The van der Waals surface area contributed by atoms with E-state index in [1.165, 1.54) is 6.07 Å². The third kappa shape index (κ3) is 2.63. The van der Waals surface area contributed by atoms with E-state index in [0.29, 0.717) is 11.8 Å². The number of benzene rings is 2. The predicted molar refractivity (Wildman–Crippen MR) is 99.8 cm³/mol. The van der Waals surface area contributed by atoms with E-state index in [2.05, 4.69) is 0 Å². The molecule has 4 rings (SSSR count). The minimum absolute atomic E-state index is 0.0644. The number of aryl methyl sites for hydroxylation is 1. The van der Waals surface area contributed by atoms with Crippen LogP contribution in [0.5, 0.6) is 34.5 Å². The van der Waals surface area contributed by atoms with Gasteiger partial charge in [-0.05, 0) is 39.3 Å². The predicted octanol–water partition coefficient (Wildman–Crippen LogP) is 3.60. The summed E-state index contributed by atoms with van der Waals surface area (Å²) in [4.78, 5) is 37.0. The number of esters is 1. The number of phenols is 2. The molecule has 2 heterocycles. The van der Waals surface area contributed by atoms with E-state index >= 15 is 0 Å². The molecule has 2 aromatic carbocycles. The number of aldehydes is 1. The Bertz CT molecular complexity index is 1130. The van der Waals surface area contributed by atoms with Gasteiger partial charge in [-0.3, -0.25) is 9.59 Å². The Kier molecular flexibility index (Phi) is 3.87. The summed E-state index contributed by atoms with van der Waals surface area (Å²) >= 11 is 0. The number of hydrogen-bond donors (Lipinski definition) is 2. The molecule has 0 atom stereocenters. The number of phenolic OH excluding ortho intramolecular Hbond substituents is 2. The molecule has 150 valence electrons. The zero-order valence-electron chi connectivity index (χ0n) is 16.2. The highest BCUT2D eigenvalue weighted by atomic mass is 16.6. The van der Waals surface area contributed by atoms with Crippen molar-refractivity contribution >= 4 is 18.0 Å². The van der Waals surface area contributed by atoms with Gasteiger partial charge in [0.05, 0.1) is 17.5 Å². The van der Waals surface area contributed by atoms with Gasteiger partial charge in [0.2, 0.25) is 11.5 Å². The van der Waals surface area contributed by atoms with Gasteiger partial charge in [0.25, 0.3) is 0 Å². The molecule has 0 saturated heterocycles. The summed E-state index contributed by atoms with van der Waals surface area (Å²) in [7, 11) is 0. The Morgan fingerprint density at radius 1 is 1.00 bits per heavy atom. The van der Waals surface area contributed by atoms with Gasteiger partial charge in [-0.15, -0.1) is 0 Å². The van der Waals surface area contributed by atoms with E-state index in [-0.39, 0.29) is 63.2 Å². The van der Waals surface area contributed by atoms with Crippen LogP contribution in [-0.4, -0.2) is 33.9 Å². The summed E-state index contributed by atoms with van der Waals surface area (Å²) in [5, 5.41) is 20.9. The maximum atomic E-state index is 12.8. The van der Waals surface area contributed by atoms with Gasteiger partial charge in [0, 0.05) is 5.56 Å². The summed E-state index contributed by atoms with van der Waals surface area (Å²) in [6.45, 7) is 6.51. The van der Waals surface area contributed by atoms with Crippen LogP contribution in [0.15, 0.2) is 6.07 Å². The summed E-state index contributed by atoms with van der Waals surface area (Å²) in [6, 6.07) is 1.25. The van der Waals surface area contributed by atoms with Crippen LogP contribution in [0.4, 0.5) is 0 Å². The number of rotatable bonds is 1. The van der Waals surface area contributed by atoms with Gasteiger partial charge >= 0.3 is 5.97 Å². The lowest BCUT2D eigenvalue weighted by Gasteiger charge is -2.33. The molecule has 2 aromatic rings. The highest BCUT2D eigenvalue weighted by molar-refractivity contribution is 6.06. The van der Waals surface area contributed by atoms with Crippen molar-refractivity contribution in [1.29, 1.82) is 0 Å². The number of Topliss-reactive ketones (excluding diaryl/α,β-unsaturated/α-hetero) is 1. The van der Waals surface area contributed by atoms with Crippen LogP contribution in [0.25, 0.3) is 0 Å². The molecule has 0 spiro atoms. The summed E-state index contributed by atoms with van der Waals surface area (Å²) < 4.78 is 17.0. The van der Waals surface area contributed by atoms with Crippen LogP contribution in [0, 0.1) is 13.8 Å². The molecule has 0 fully saturated rings. The normalized spacial score (nSPS) is 16.4. The van der Waals surface area contributed by atoms with Crippen molar-refractivity contribution in [3.8, 4) is 34.5 Å². The zero-order valence-corrected chi connectivity index (χ0v) is 16.2. The molecule has 0 bridgehead atoms. The second kappa shape index (κ2) is 5.97. The first kappa shape index (κ1) is 18.8. The quantitative estimate of drug-likeness (QED) is 0.425. The lowest BCUT2D eigenvalue weighted by Crippen LogP contribution is -2.36. The zero-order chi connectivity index (χ0) is 21.2. The molecule has 2 aliphatic heterocycles. The molecule has 0 aromatic heterocycles. The van der Waals surface area contributed by atoms with Crippen molar-refractivity contribution in [1.82, 2.24) is 0 Å².